The summed E-state index contributed by atoms with van der Waals surface area (Å²) in [7, 11) is 2.11. The number of rotatable bonds is 3. The van der Waals surface area contributed by atoms with Crippen LogP contribution >= 0.6 is 15.9 Å². The third kappa shape index (κ3) is 1.82. The monoisotopic (exact) mass is 281 g/mol. The second-order valence-electron chi connectivity index (χ2n) is 4.54. The number of imidazole rings is 1. The first-order valence-electron chi connectivity index (χ1n) is 5.28. The molecule has 0 atom stereocenters. The Bertz CT molecular complexity index is 490. The van der Waals surface area contributed by atoms with Crippen molar-refractivity contribution >= 4 is 27.4 Å². The molecule has 0 radical (unpaired) electrons. The lowest BCUT2D eigenvalue weighted by Gasteiger charge is -2.36. The second-order valence-corrected chi connectivity index (χ2v) is 5.11. The summed E-state index contributed by atoms with van der Waals surface area (Å²) in [6, 6.07) is 6.16. The van der Waals surface area contributed by atoms with Crippen molar-refractivity contribution < 1.29 is 0 Å². The SMILES string of the molecule is CN(c1cccc2nccn12)C(C)(C)CBr. The highest BCUT2D eigenvalue weighted by Gasteiger charge is 2.23. The van der Waals surface area contributed by atoms with E-state index in [0.717, 1.165) is 16.8 Å². The Labute approximate surface area is 104 Å². The molecule has 0 aliphatic heterocycles. The van der Waals surface area contributed by atoms with Gasteiger partial charge in [0.05, 0.1) is 0 Å². The average molecular weight is 282 g/mol. The van der Waals surface area contributed by atoms with Crippen LogP contribution in [-0.4, -0.2) is 27.3 Å². The number of nitrogens with zero attached hydrogens (tertiary/aromatic N) is 3. The van der Waals surface area contributed by atoms with Gasteiger partial charge < -0.3 is 4.90 Å². The predicted octanol–water partition coefficient (Wildman–Crippen LogP) is 2.94. The van der Waals surface area contributed by atoms with Crippen molar-refractivity contribution in [2.24, 2.45) is 0 Å². The fourth-order valence-corrected chi connectivity index (χ4v) is 1.98. The van der Waals surface area contributed by atoms with E-state index in [0.29, 0.717) is 0 Å². The molecule has 4 heteroatoms. The van der Waals surface area contributed by atoms with E-state index in [-0.39, 0.29) is 5.54 Å². The van der Waals surface area contributed by atoms with Crippen LogP contribution in [0.25, 0.3) is 5.65 Å². The molecule has 0 saturated carbocycles. The standard InChI is InChI=1S/C12H16BrN3/c1-12(2,9-13)15(3)11-6-4-5-10-14-7-8-16(10)11/h4-8H,9H2,1-3H3. The van der Waals surface area contributed by atoms with Crippen LogP contribution in [0, 0.1) is 0 Å². The lowest BCUT2D eigenvalue weighted by atomic mass is 10.1. The first-order valence-corrected chi connectivity index (χ1v) is 6.40. The predicted molar refractivity (Wildman–Crippen MR) is 71.5 cm³/mol. The van der Waals surface area contributed by atoms with E-state index < -0.39 is 0 Å². The molecule has 0 amide bonds. The highest BCUT2D eigenvalue weighted by molar-refractivity contribution is 9.09. The summed E-state index contributed by atoms with van der Waals surface area (Å²) in [5.41, 5.74) is 1.05. The molecule has 0 aliphatic carbocycles. The molecular formula is C12H16BrN3. The van der Waals surface area contributed by atoms with Gasteiger partial charge in [-0.2, -0.15) is 0 Å². The number of aromatic nitrogens is 2. The maximum absolute atomic E-state index is 4.29. The number of alkyl halides is 1. The first-order chi connectivity index (χ1) is 7.56. The Kier molecular flexibility index (Phi) is 2.93. The highest BCUT2D eigenvalue weighted by atomic mass is 79.9. The summed E-state index contributed by atoms with van der Waals surface area (Å²) in [6.45, 7) is 4.41. The van der Waals surface area contributed by atoms with E-state index in [1.807, 2.05) is 24.5 Å². The van der Waals surface area contributed by atoms with Gasteiger partial charge >= 0.3 is 0 Å². The molecule has 2 aromatic heterocycles. The Morgan fingerprint density at radius 2 is 2.19 bits per heavy atom. The van der Waals surface area contributed by atoms with E-state index in [2.05, 4.69) is 57.2 Å². The molecule has 2 heterocycles. The van der Waals surface area contributed by atoms with Crippen LogP contribution < -0.4 is 4.90 Å². The zero-order valence-corrected chi connectivity index (χ0v) is 11.4. The van der Waals surface area contributed by atoms with Crippen LogP contribution in [0.5, 0.6) is 0 Å². The summed E-state index contributed by atoms with van der Waals surface area (Å²) < 4.78 is 2.10. The minimum Gasteiger partial charge on any atom is -0.355 e. The Balaban J connectivity index is 2.51. The lowest BCUT2D eigenvalue weighted by molar-refractivity contribution is 0.545. The van der Waals surface area contributed by atoms with E-state index in [1.165, 1.54) is 0 Å². The number of halogens is 1. The maximum Gasteiger partial charge on any atom is 0.138 e. The summed E-state index contributed by atoms with van der Waals surface area (Å²) in [4.78, 5) is 6.55. The first kappa shape index (κ1) is 11.5. The second kappa shape index (κ2) is 4.09. The van der Waals surface area contributed by atoms with Crippen molar-refractivity contribution in [2.75, 3.05) is 17.3 Å². The largest absolute Gasteiger partial charge is 0.355 e. The van der Waals surface area contributed by atoms with Gasteiger partial charge in [0, 0.05) is 30.3 Å². The normalized spacial score (nSPS) is 12.0. The van der Waals surface area contributed by atoms with Crippen molar-refractivity contribution in [1.29, 1.82) is 0 Å². The molecule has 0 unspecified atom stereocenters. The zero-order chi connectivity index (χ0) is 11.8. The molecule has 2 rings (SSSR count). The molecule has 3 nitrogen and oxygen atoms in total. The van der Waals surface area contributed by atoms with Crippen molar-refractivity contribution in [3.05, 3.63) is 30.6 Å². The van der Waals surface area contributed by atoms with Crippen molar-refractivity contribution in [2.45, 2.75) is 19.4 Å². The third-order valence-corrected chi connectivity index (χ3v) is 4.36. The Hall–Kier alpha value is -1.03. The fourth-order valence-electron chi connectivity index (χ4n) is 1.61. The summed E-state index contributed by atoms with van der Waals surface area (Å²) >= 11 is 3.56. The van der Waals surface area contributed by atoms with Crippen molar-refractivity contribution in [1.82, 2.24) is 9.38 Å². The molecule has 0 saturated heterocycles. The van der Waals surface area contributed by atoms with E-state index in [9.17, 15) is 0 Å². The number of hydrogen-bond acceptors (Lipinski definition) is 2. The fraction of sp³-hybridized carbons (Fsp3) is 0.417. The van der Waals surface area contributed by atoms with E-state index >= 15 is 0 Å². The lowest BCUT2D eigenvalue weighted by Crippen LogP contribution is -2.43. The molecule has 0 aliphatic rings. The van der Waals surface area contributed by atoms with Crippen LogP contribution in [0.3, 0.4) is 0 Å². The highest BCUT2D eigenvalue weighted by Crippen LogP contribution is 2.24. The van der Waals surface area contributed by atoms with Crippen LogP contribution in [0.1, 0.15) is 13.8 Å². The van der Waals surface area contributed by atoms with Gasteiger partial charge in [-0.1, -0.05) is 22.0 Å². The number of anilines is 1. The minimum atomic E-state index is 0.0680. The topological polar surface area (TPSA) is 20.5 Å². The quantitative estimate of drug-likeness (QED) is 0.807. The molecule has 2 aromatic rings. The Morgan fingerprint density at radius 1 is 1.44 bits per heavy atom. The third-order valence-electron chi connectivity index (χ3n) is 2.99. The van der Waals surface area contributed by atoms with Crippen molar-refractivity contribution in [3.63, 3.8) is 0 Å². The molecule has 0 bridgehead atoms. The smallest absolute Gasteiger partial charge is 0.138 e. The number of hydrogen-bond donors (Lipinski definition) is 0. The van der Waals surface area contributed by atoms with Crippen LogP contribution in [0.15, 0.2) is 30.6 Å². The van der Waals surface area contributed by atoms with Gasteiger partial charge in [-0.3, -0.25) is 4.40 Å². The Morgan fingerprint density at radius 3 is 2.88 bits per heavy atom. The summed E-state index contributed by atoms with van der Waals surface area (Å²) in [5.74, 6) is 1.15. The molecule has 0 fully saturated rings. The van der Waals surface area contributed by atoms with Gasteiger partial charge in [-0.05, 0) is 26.0 Å². The molecule has 16 heavy (non-hydrogen) atoms. The molecule has 86 valence electrons. The van der Waals surface area contributed by atoms with Crippen LogP contribution in [-0.2, 0) is 0 Å². The van der Waals surface area contributed by atoms with Gasteiger partial charge in [0.15, 0.2) is 0 Å². The minimum absolute atomic E-state index is 0.0680. The van der Waals surface area contributed by atoms with E-state index in [4.69, 9.17) is 0 Å². The molecule has 0 N–H and O–H groups in total. The maximum atomic E-state index is 4.29. The van der Waals surface area contributed by atoms with Gasteiger partial charge in [-0.25, -0.2) is 4.98 Å². The molecule has 0 aromatic carbocycles. The number of fused-ring (bicyclic) bond motifs is 1. The number of pyridine rings is 1. The summed E-state index contributed by atoms with van der Waals surface area (Å²) in [6.07, 6.45) is 3.82. The molecule has 0 spiro atoms. The zero-order valence-electron chi connectivity index (χ0n) is 9.81. The van der Waals surface area contributed by atoms with Gasteiger partial charge in [0.2, 0.25) is 0 Å². The van der Waals surface area contributed by atoms with Gasteiger partial charge in [-0.15, -0.1) is 0 Å². The van der Waals surface area contributed by atoms with Crippen molar-refractivity contribution in [3.8, 4) is 0 Å². The van der Waals surface area contributed by atoms with Crippen LogP contribution in [0.2, 0.25) is 0 Å². The van der Waals surface area contributed by atoms with Crippen LogP contribution in [0.4, 0.5) is 5.82 Å². The van der Waals surface area contributed by atoms with Gasteiger partial charge in [0.1, 0.15) is 11.5 Å². The summed E-state index contributed by atoms with van der Waals surface area (Å²) in [5, 5.41) is 0.918. The van der Waals surface area contributed by atoms with E-state index in [1.54, 1.807) is 0 Å². The average Bonchev–Trinajstić information content (AvgIpc) is 2.75. The molecular weight excluding hydrogens is 266 g/mol. The van der Waals surface area contributed by atoms with Gasteiger partial charge in [0.25, 0.3) is 0 Å².